The number of hydrogen-bond donors (Lipinski definition) is 2. The molecule has 0 spiro atoms. The van der Waals surface area contributed by atoms with Gasteiger partial charge in [-0.3, -0.25) is 4.68 Å². The van der Waals surface area contributed by atoms with E-state index in [1.54, 1.807) is 0 Å². The Balaban J connectivity index is 1.78. The molecule has 0 fully saturated rings. The zero-order valence-electron chi connectivity index (χ0n) is 10.6. The molecule has 2 aromatic heterocycles. The molecular weight excluding hydrogens is 224 g/mol. The first-order valence-corrected chi connectivity index (χ1v) is 6.02. The molecule has 0 unspecified atom stereocenters. The molecule has 92 valence electrons. The molecule has 0 saturated carbocycles. The first kappa shape index (κ1) is 10.9. The molecule has 0 bridgehead atoms. The van der Waals surface area contributed by atoms with Gasteiger partial charge in [0.05, 0.1) is 6.20 Å². The topological polar surface area (TPSA) is 45.6 Å². The highest BCUT2D eigenvalue weighted by molar-refractivity contribution is 5.82. The number of aromatic nitrogens is 3. The van der Waals surface area contributed by atoms with E-state index in [-0.39, 0.29) is 0 Å². The summed E-state index contributed by atoms with van der Waals surface area (Å²) in [6.45, 7) is 2.88. The second kappa shape index (κ2) is 4.22. The molecule has 4 nitrogen and oxygen atoms in total. The monoisotopic (exact) mass is 240 g/mol. The number of hydrogen-bond acceptors (Lipinski definition) is 2. The van der Waals surface area contributed by atoms with E-state index in [2.05, 4.69) is 46.6 Å². The molecule has 18 heavy (non-hydrogen) atoms. The van der Waals surface area contributed by atoms with Gasteiger partial charge in [-0.1, -0.05) is 0 Å². The van der Waals surface area contributed by atoms with Crippen LogP contribution in [-0.2, 0) is 13.6 Å². The van der Waals surface area contributed by atoms with Gasteiger partial charge in [0.2, 0.25) is 0 Å². The number of nitrogens with zero attached hydrogens (tertiary/aromatic N) is 2. The van der Waals surface area contributed by atoms with E-state index in [9.17, 15) is 0 Å². The number of nitrogens with one attached hydrogen (secondary N) is 2. The van der Waals surface area contributed by atoms with Crippen molar-refractivity contribution in [2.45, 2.75) is 13.5 Å². The molecule has 0 saturated heterocycles. The summed E-state index contributed by atoms with van der Waals surface area (Å²) in [6, 6.07) is 8.41. The molecule has 2 heterocycles. The Bertz CT molecular complexity index is 678. The quantitative estimate of drug-likeness (QED) is 0.739. The van der Waals surface area contributed by atoms with Gasteiger partial charge in [-0.15, -0.1) is 0 Å². The third kappa shape index (κ3) is 1.86. The Hall–Kier alpha value is -2.23. The summed E-state index contributed by atoms with van der Waals surface area (Å²) < 4.78 is 1.90. The lowest BCUT2D eigenvalue weighted by Crippen LogP contribution is -2.01. The van der Waals surface area contributed by atoms with Crippen LogP contribution < -0.4 is 5.32 Å². The van der Waals surface area contributed by atoms with Crippen molar-refractivity contribution in [1.82, 2.24) is 14.8 Å². The van der Waals surface area contributed by atoms with Crippen LogP contribution in [0.25, 0.3) is 10.9 Å². The third-order valence-corrected chi connectivity index (χ3v) is 3.37. The van der Waals surface area contributed by atoms with Gasteiger partial charge in [-0.25, -0.2) is 0 Å². The lowest BCUT2D eigenvalue weighted by Gasteiger charge is -2.06. The maximum Gasteiger partial charge on any atom is 0.0542 e. The maximum absolute atomic E-state index is 4.24. The van der Waals surface area contributed by atoms with Gasteiger partial charge >= 0.3 is 0 Å². The summed E-state index contributed by atoms with van der Waals surface area (Å²) in [6.07, 6.45) is 3.87. The number of aryl methyl sites for hydroxylation is 1. The lowest BCUT2D eigenvalue weighted by atomic mass is 10.2. The fraction of sp³-hybridized carbons (Fsp3) is 0.214. The molecule has 0 aliphatic heterocycles. The minimum Gasteiger partial charge on any atom is -0.381 e. The van der Waals surface area contributed by atoms with Gasteiger partial charge < -0.3 is 10.3 Å². The van der Waals surface area contributed by atoms with E-state index in [0.29, 0.717) is 0 Å². The van der Waals surface area contributed by atoms with Gasteiger partial charge in [0.1, 0.15) is 0 Å². The van der Waals surface area contributed by atoms with Crippen molar-refractivity contribution in [1.29, 1.82) is 0 Å². The Morgan fingerprint density at radius 3 is 3.00 bits per heavy atom. The molecule has 1 aromatic carbocycles. The predicted octanol–water partition coefficient (Wildman–Crippen LogP) is 2.82. The summed E-state index contributed by atoms with van der Waals surface area (Å²) in [7, 11) is 1.96. The highest BCUT2D eigenvalue weighted by atomic mass is 15.3. The van der Waals surface area contributed by atoms with E-state index in [0.717, 1.165) is 17.7 Å². The Labute approximate surface area is 106 Å². The van der Waals surface area contributed by atoms with Crippen molar-refractivity contribution >= 4 is 16.6 Å². The van der Waals surface area contributed by atoms with Crippen molar-refractivity contribution in [3.63, 3.8) is 0 Å². The van der Waals surface area contributed by atoms with E-state index >= 15 is 0 Å². The number of H-pyrrole nitrogens is 1. The SMILES string of the molecule is Cc1c(CNc2ccc3[nH]ccc3c2)cnn1C. The Morgan fingerprint density at radius 1 is 1.33 bits per heavy atom. The summed E-state index contributed by atoms with van der Waals surface area (Å²) in [5.41, 5.74) is 4.72. The average Bonchev–Trinajstić information content (AvgIpc) is 2.96. The van der Waals surface area contributed by atoms with Crippen LogP contribution in [0.15, 0.2) is 36.7 Å². The second-order valence-corrected chi connectivity index (χ2v) is 4.51. The average molecular weight is 240 g/mol. The van der Waals surface area contributed by atoms with Gasteiger partial charge in [0.25, 0.3) is 0 Å². The molecule has 3 rings (SSSR count). The first-order valence-electron chi connectivity index (χ1n) is 6.02. The smallest absolute Gasteiger partial charge is 0.0542 e. The number of fused-ring (bicyclic) bond motifs is 1. The Morgan fingerprint density at radius 2 is 2.22 bits per heavy atom. The highest BCUT2D eigenvalue weighted by Crippen LogP contribution is 2.18. The molecular formula is C14H16N4. The predicted molar refractivity (Wildman–Crippen MR) is 73.6 cm³/mol. The van der Waals surface area contributed by atoms with E-state index < -0.39 is 0 Å². The van der Waals surface area contributed by atoms with Gasteiger partial charge in [0.15, 0.2) is 0 Å². The Kier molecular flexibility index (Phi) is 2.55. The zero-order chi connectivity index (χ0) is 12.5. The van der Waals surface area contributed by atoms with Crippen LogP contribution in [0.3, 0.4) is 0 Å². The zero-order valence-corrected chi connectivity index (χ0v) is 10.6. The lowest BCUT2D eigenvalue weighted by molar-refractivity contribution is 0.738. The first-order chi connectivity index (χ1) is 8.74. The van der Waals surface area contributed by atoms with Crippen molar-refractivity contribution in [3.8, 4) is 0 Å². The van der Waals surface area contributed by atoms with Crippen LogP contribution in [0, 0.1) is 6.92 Å². The van der Waals surface area contributed by atoms with Crippen LogP contribution in [0.5, 0.6) is 0 Å². The molecule has 0 amide bonds. The van der Waals surface area contributed by atoms with E-state index in [4.69, 9.17) is 0 Å². The van der Waals surface area contributed by atoms with Crippen molar-refractivity contribution in [2.24, 2.45) is 7.05 Å². The van der Waals surface area contributed by atoms with Crippen molar-refractivity contribution < 1.29 is 0 Å². The van der Waals surface area contributed by atoms with Crippen LogP contribution in [0.2, 0.25) is 0 Å². The minimum atomic E-state index is 0.801. The summed E-state index contributed by atoms with van der Waals surface area (Å²) >= 11 is 0. The van der Waals surface area contributed by atoms with Crippen molar-refractivity contribution in [2.75, 3.05) is 5.32 Å². The van der Waals surface area contributed by atoms with Crippen LogP contribution in [0.1, 0.15) is 11.3 Å². The fourth-order valence-corrected chi connectivity index (χ4v) is 2.08. The van der Waals surface area contributed by atoms with Crippen molar-refractivity contribution in [3.05, 3.63) is 47.9 Å². The van der Waals surface area contributed by atoms with E-state index in [1.165, 1.54) is 16.6 Å². The largest absolute Gasteiger partial charge is 0.381 e. The molecule has 2 N–H and O–H groups in total. The van der Waals surface area contributed by atoms with E-state index in [1.807, 2.05) is 24.1 Å². The minimum absolute atomic E-state index is 0.801. The summed E-state index contributed by atoms with van der Waals surface area (Å²) in [5.74, 6) is 0. The van der Waals surface area contributed by atoms with Gasteiger partial charge in [-0.2, -0.15) is 5.10 Å². The molecule has 4 heteroatoms. The number of aromatic amines is 1. The third-order valence-electron chi connectivity index (χ3n) is 3.37. The van der Waals surface area contributed by atoms with Crippen LogP contribution in [-0.4, -0.2) is 14.8 Å². The normalized spacial score (nSPS) is 11.0. The number of anilines is 1. The molecule has 0 aliphatic carbocycles. The van der Waals surface area contributed by atoms with Crippen LogP contribution in [0.4, 0.5) is 5.69 Å². The summed E-state index contributed by atoms with van der Waals surface area (Å²) in [5, 5.41) is 8.90. The van der Waals surface area contributed by atoms with Gasteiger partial charge in [-0.05, 0) is 31.2 Å². The highest BCUT2D eigenvalue weighted by Gasteiger charge is 2.03. The molecule has 0 atom stereocenters. The van der Waals surface area contributed by atoms with Gasteiger partial charge in [0, 0.05) is 47.6 Å². The number of benzene rings is 1. The molecule has 3 aromatic rings. The maximum atomic E-state index is 4.24. The summed E-state index contributed by atoms with van der Waals surface area (Å²) in [4.78, 5) is 3.19. The van der Waals surface area contributed by atoms with Crippen LogP contribution >= 0.6 is 0 Å². The fourth-order valence-electron chi connectivity index (χ4n) is 2.08. The number of rotatable bonds is 3. The second-order valence-electron chi connectivity index (χ2n) is 4.51. The molecule has 0 radical (unpaired) electrons. The molecule has 0 aliphatic rings. The standard InChI is InChI=1S/C14H16N4/c1-10-12(9-17-18(10)2)8-16-13-3-4-14-11(7-13)5-6-15-14/h3-7,9,15-16H,8H2,1-2H3.